The van der Waals surface area contributed by atoms with Crippen molar-refractivity contribution in [2.24, 2.45) is 0 Å². The maximum absolute atomic E-state index is 11.4. The van der Waals surface area contributed by atoms with Gasteiger partial charge in [-0.3, -0.25) is 9.78 Å². The van der Waals surface area contributed by atoms with Gasteiger partial charge in [-0.2, -0.15) is 0 Å². The van der Waals surface area contributed by atoms with Gasteiger partial charge in [0, 0.05) is 18.3 Å². The molecule has 0 radical (unpaired) electrons. The first kappa shape index (κ1) is 11.1. The number of nitrogens with one attached hydrogen (secondary N) is 2. The van der Waals surface area contributed by atoms with Gasteiger partial charge >= 0.3 is 0 Å². The van der Waals surface area contributed by atoms with Crippen LogP contribution in [0.3, 0.4) is 0 Å². The minimum absolute atomic E-state index is 0.0743. The van der Waals surface area contributed by atoms with E-state index in [9.17, 15) is 4.79 Å². The summed E-state index contributed by atoms with van der Waals surface area (Å²) in [5.74, 6) is 0.0743. The van der Waals surface area contributed by atoms with E-state index in [0.717, 1.165) is 18.5 Å². The van der Waals surface area contributed by atoms with E-state index >= 15 is 0 Å². The van der Waals surface area contributed by atoms with Gasteiger partial charge in [0.2, 0.25) is 5.91 Å². The van der Waals surface area contributed by atoms with Crippen molar-refractivity contribution >= 4 is 5.91 Å². The molecule has 0 aromatic carbocycles. The zero-order chi connectivity index (χ0) is 11.4. The highest BCUT2D eigenvalue weighted by molar-refractivity contribution is 5.78. The Balaban J connectivity index is 1.74. The first-order chi connectivity index (χ1) is 7.75. The Hall–Kier alpha value is -1.42. The fraction of sp³-hybridized carbons (Fsp3) is 0.500. The molecule has 86 valence electrons. The summed E-state index contributed by atoms with van der Waals surface area (Å²) in [7, 11) is 0. The Morgan fingerprint density at radius 2 is 2.38 bits per heavy atom. The summed E-state index contributed by atoms with van der Waals surface area (Å²) in [6.45, 7) is 2.36. The molecule has 0 spiro atoms. The van der Waals surface area contributed by atoms with E-state index < -0.39 is 0 Å². The van der Waals surface area contributed by atoms with Gasteiger partial charge < -0.3 is 10.6 Å². The highest BCUT2D eigenvalue weighted by Gasteiger charge is 2.23. The van der Waals surface area contributed by atoms with Gasteiger partial charge in [0.25, 0.3) is 0 Å². The molecular weight excluding hydrogens is 202 g/mol. The lowest BCUT2D eigenvalue weighted by molar-refractivity contribution is -0.120. The molecule has 1 saturated carbocycles. The zero-order valence-corrected chi connectivity index (χ0v) is 9.44. The van der Waals surface area contributed by atoms with Crippen LogP contribution in [0.5, 0.6) is 0 Å². The number of carbonyl (C=O) groups excluding carboxylic acids is 1. The van der Waals surface area contributed by atoms with Crippen molar-refractivity contribution in [2.75, 3.05) is 6.54 Å². The van der Waals surface area contributed by atoms with Gasteiger partial charge in [0.15, 0.2) is 0 Å². The first-order valence-corrected chi connectivity index (χ1v) is 5.69. The van der Waals surface area contributed by atoms with Crippen LogP contribution in [0.25, 0.3) is 0 Å². The van der Waals surface area contributed by atoms with Crippen LogP contribution in [-0.2, 0) is 4.79 Å². The van der Waals surface area contributed by atoms with Crippen LogP contribution in [0.4, 0.5) is 0 Å². The third kappa shape index (κ3) is 3.31. The van der Waals surface area contributed by atoms with Gasteiger partial charge in [-0.05, 0) is 31.9 Å². The molecule has 1 aromatic heterocycles. The van der Waals surface area contributed by atoms with Crippen LogP contribution in [0.1, 0.15) is 31.5 Å². The highest BCUT2D eigenvalue weighted by atomic mass is 16.2. The summed E-state index contributed by atoms with van der Waals surface area (Å²) >= 11 is 0. The van der Waals surface area contributed by atoms with Gasteiger partial charge in [0.1, 0.15) is 0 Å². The molecular formula is C12H17N3O. The van der Waals surface area contributed by atoms with Crippen molar-refractivity contribution in [1.29, 1.82) is 0 Å². The van der Waals surface area contributed by atoms with E-state index in [4.69, 9.17) is 0 Å². The fourth-order valence-corrected chi connectivity index (χ4v) is 1.49. The Morgan fingerprint density at radius 3 is 3.00 bits per heavy atom. The molecule has 0 aliphatic heterocycles. The Kier molecular flexibility index (Phi) is 3.51. The van der Waals surface area contributed by atoms with E-state index in [2.05, 4.69) is 15.6 Å². The SMILES string of the molecule is C[C@H](NCC(=O)NC1CC1)c1ccccn1. The summed E-state index contributed by atoms with van der Waals surface area (Å²) in [4.78, 5) is 15.7. The topological polar surface area (TPSA) is 54.0 Å². The predicted octanol–water partition coefficient (Wildman–Crippen LogP) is 1.01. The number of carbonyl (C=O) groups is 1. The molecule has 1 fully saturated rings. The molecule has 2 N–H and O–H groups in total. The van der Waals surface area contributed by atoms with Crippen LogP contribution in [0, 0.1) is 0 Å². The summed E-state index contributed by atoms with van der Waals surface area (Å²) in [6, 6.07) is 6.32. The molecule has 2 rings (SSSR count). The van der Waals surface area contributed by atoms with Crippen molar-refractivity contribution in [3.63, 3.8) is 0 Å². The molecule has 1 atom stereocenters. The van der Waals surface area contributed by atoms with Gasteiger partial charge in [-0.15, -0.1) is 0 Å². The van der Waals surface area contributed by atoms with Gasteiger partial charge in [-0.1, -0.05) is 6.07 Å². The standard InChI is InChI=1S/C12H17N3O/c1-9(11-4-2-3-7-13-11)14-8-12(16)15-10-5-6-10/h2-4,7,9-10,14H,5-6,8H2,1H3,(H,15,16)/t9-/m0/s1. The monoisotopic (exact) mass is 219 g/mol. The average Bonchev–Trinajstić information content (AvgIpc) is 3.11. The summed E-state index contributed by atoms with van der Waals surface area (Å²) in [6.07, 6.45) is 4.01. The maximum Gasteiger partial charge on any atom is 0.234 e. The van der Waals surface area contributed by atoms with E-state index in [1.54, 1.807) is 6.20 Å². The van der Waals surface area contributed by atoms with Crippen molar-refractivity contribution in [3.05, 3.63) is 30.1 Å². The number of nitrogens with zero attached hydrogens (tertiary/aromatic N) is 1. The Morgan fingerprint density at radius 1 is 1.56 bits per heavy atom. The molecule has 0 saturated heterocycles. The number of pyridine rings is 1. The smallest absolute Gasteiger partial charge is 0.234 e. The molecule has 0 unspecified atom stereocenters. The molecule has 0 bridgehead atoms. The average molecular weight is 219 g/mol. The Bertz CT molecular complexity index is 349. The van der Waals surface area contributed by atoms with Crippen molar-refractivity contribution in [3.8, 4) is 0 Å². The Labute approximate surface area is 95.5 Å². The lowest BCUT2D eigenvalue weighted by Gasteiger charge is -2.12. The number of hydrogen-bond donors (Lipinski definition) is 2. The fourth-order valence-electron chi connectivity index (χ4n) is 1.49. The minimum Gasteiger partial charge on any atom is -0.352 e. The van der Waals surface area contributed by atoms with Crippen LogP contribution in [0.2, 0.25) is 0 Å². The first-order valence-electron chi connectivity index (χ1n) is 5.69. The van der Waals surface area contributed by atoms with E-state index in [0.29, 0.717) is 12.6 Å². The summed E-state index contributed by atoms with van der Waals surface area (Å²) < 4.78 is 0. The second kappa shape index (κ2) is 5.07. The lowest BCUT2D eigenvalue weighted by atomic mass is 10.2. The van der Waals surface area contributed by atoms with Crippen LogP contribution >= 0.6 is 0 Å². The van der Waals surface area contributed by atoms with Crippen LogP contribution in [-0.4, -0.2) is 23.5 Å². The molecule has 16 heavy (non-hydrogen) atoms. The van der Waals surface area contributed by atoms with E-state index in [-0.39, 0.29) is 11.9 Å². The van der Waals surface area contributed by atoms with Crippen LogP contribution in [0.15, 0.2) is 24.4 Å². The van der Waals surface area contributed by atoms with Gasteiger partial charge in [0.05, 0.1) is 12.2 Å². The molecule has 4 nitrogen and oxygen atoms in total. The second-order valence-electron chi connectivity index (χ2n) is 4.20. The highest BCUT2D eigenvalue weighted by Crippen LogP contribution is 2.18. The van der Waals surface area contributed by atoms with Crippen molar-refractivity contribution in [2.45, 2.75) is 31.8 Å². The molecule has 1 aliphatic carbocycles. The lowest BCUT2D eigenvalue weighted by Crippen LogP contribution is -2.36. The van der Waals surface area contributed by atoms with Crippen LogP contribution < -0.4 is 10.6 Å². The minimum atomic E-state index is 0.0743. The zero-order valence-electron chi connectivity index (χ0n) is 9.44. The summed E-state index contributed by atoms with van der Waals surface area (Å²) in [5, 5.41) is 6.10. The predicted molar refractivity (Wildman–Crippen MR) is 61.8 cm³/mol. The molecule has 1 amide bonds. The molecule has 1 heterocycles. The molecule has 4 heteroatoms. The molecule has 1 aliphatic rings. The van der Waals surface area contributed by atoms with E-state index in [1.807, 2.05) is 25.1 Å². The van der Waals surface area contributed by atoms with Gasteiger partial charge in [-0.25, -0.2) is 0 Å². The summed E-state index contributed by atoms with van der Waals surface area (Å²) in [5.41, 5.74) is 0.960. The number of amides is 1. The van der Waals surface area contributed by atoms with E-state index in [1.165, 1.54) is 0 Å². The number of rotatable bonds is 5. The normalized spacial score (nSPS) is 16.8. The number of hydrogen-bond acceptors (Lipinski definition) is 3. The maximum atomic E-state index is 11.4. The van der Waals surface area contributed by atoms with Crippen molar-refractivity contribution in [1.82, 2.24) is 15.6 Å². The number of aromatic nitrogens is 1. The second-order valence-corrected chi connectivity index (χ2v) is 4.20. The largest absolute Gasteiger partial charge is 0.352 e. The van der Waals surface area contributed by atoms with Crippen molar-refractivity contribution < 1.29 is 4.79 Å². The quantitative estimate of drug-likeness (QED) is 0.777. The molecule has 1 aromatic rings. The third-order valence-electron chi connectivity index (χ3n) is 2.64. The third-order valence-corrected chi connectivity index (χ3v) is 2.64.